The van der Waals surface area contributed by atoms with Crippen LogP contribution in [0.15, 0.2) is 36.5 Å². The lowest BCUT2D eigenvalue weighted by atomic mass is 9.85. The van der Waals surface area contributed by atoms with E-state index in [0.29, 0.717) is 24.2 Å². The molecule has 36 heavy (non-hydrogen) atoms. The third-order valence-electron chi connectivity index (χ3n) is 10.3. The van der Waals surface area contributed by atoms with Crippen LogP contribution in [0.4, 0.5) is 0 Å². The Bertz CT molecular complexity index is 914. The molecule has 0 aromatic rings. The molecule has 0 spiro atoms. The Kier molecular flexibility index (Phi) is 5.73. The van der Waals surface area contributed by atoms with Crippen molar-refractivity contribution in [3.8, 4) is 0 Å². The van der Waals surface area contributed by atoms with Gasteiger partial charge in [0.05, 0.1) is 21.7 Å². The minimum Gasteiger partial charge on any atom is -0.464 e. The highest BCUT2D eigenvalue weighted by Crippen LogP contribution is 2.52. The van der Waals surface area contributed by atoms with Crippen molar-refractivity contribution in [1.29, 1.82) is 0 Å². The topological polar surface area (TPSA) is 78.9 Å². The van der Waals surface area contributed by atoms with E-state index in [1.165, 1.54) is 0 Å². The summed E-state index contributed by atoms with van der Waals surface area (Å²) in [5.74, 6) is 0.790. The predicted octanol–water partition coefficient (Wildman–Crippen LogP) is 5.08. The summed E-state index contributed by atoms with van der Waals surface area (Å²) in [5.41, 5.74) is -2.32. The first kappa shape index (κ1) is 24.0. The molecule has 6 atom stereocenters. The number of carbonyl (C=O) groups is 3. The van der Waals surface area contributed by atoms with Gasteiger partial charge in [-0.05, 0) is 82.0 Å². The van der Waals surface area contributed by atoms with E-state index in [1.54, 1.807) is 0 Å². The van der Waals surface area contributed by atoms with Gasteiger partial charge in [0.1, 0.15) is 19.8 Å². The van der Waals surface area contributed by atoms with Gasteiger partial charge in [0.15, 0.2) is 0 Å². The van der Waals surface area contributed by atoms with Gasteiger partial charge in [-0.15, -0.1) is 0 Å². The summed E-state index contributed by atoms with van der Waals surface area (Å²) < 4.78 is 17.8. The summed E-state index contributed by atoms with van der Waals surface area (Å²) in [6.07, 6.45) is 21.0. The van der Waals surface area contributed by atoms with Crippen molar-refractivity contribution in [3.63, 3.8) is 0 Å². The van der Waals surface area contributed by atoms with Gasteiger partial charge >= 0.3 is 17.9 Å². The highest BCUT2D eigenvalue weighted by molar-refractivity contribution is 5.82. The highest BCUT2D eigenvalue weighted by Gasteiger charge is 2.51. The van der Waals surface area contributed by atoms with Gasteiger partial charge in [-0.2, -0.15) is 0 Å². The molecule has 6 bridgehead atoms. The summed E-state index contributed by atoms with van der Waals surface area (Å²) in [6.45, 7) is 2.19. The zero-order valence-corrected chi connectivity index (χ0v) is 21.3. The van der Waals surface area contributed by atoms with Crippen LogP contribution < -0.4 is 0 Å². The van der Waals surface area contributed by atoms with Crippen LogP contribution in [0.3, 0.4) is 0 Å². The van der Waals surface area contributed by atoms with Crippen LogP contribution in [0.25, 0.3) is 0 Å². The van der Waals surface area contributed by atoms with Gasteiger partial charge in [-0.25, -0.2) is 0 Å². The standard InChI is InChI=1S/C30H38O6/c1-2-27(18-34-24(31)28-9-3-21(15-28)4-10-28,19-35-25(32)29-11-5-22(16-29)6-12-29)20-36-26(33)30-13-7-23(17-30)8-14-30/h3,5,7,9,11,13,21-23H,2,4,6,8,10,12,14-20H2,1H3. The van der Waals surface area contributed by atoms with Crippen LogP contribution in [-0.2, 0) is 28.6 Å². The fourth-order valence-electron chi connectivity index (χ4n) is 7.53. The molecule has 0 radical (unpaired) electrons. The van der Waals surface area contributed by atoms with Gasteiger partial charge in [0, 0.05) is 0 Å². The van der Waals surface area contributed by atoms with Gasteiger partial charge in [-0.3, -0.25) is 14.4 Å². The molecule has 6 unspecified atom stereocenters. The summed E-state index contributed by atoms with van der Waals surface area (Å²) in [5, 5.41) is 0. The SMILES string of the molecule is CCC(COC(=O)C12C=CC(CC1)C2)(COC(=O)C12C=CC(CC1)C2)COC(=O)C12C=CC(CC1)C2. The third kappa shape index (κ3) is 3.86. The van der Waals surface area contributed by atoms with Crippen molar-refractivity contribution in [2.24, 2.45) is 39.4 Å². The second kappa shape index (κ2) is 8.59. The van der Waals surface area contributed by atoms with E-state index in [1.807, 2.05) is 25.2 Å². The van der Waals surface area contributed by atoms with Crippen LogP contribution in [0.5, 0.6) is 0 Å². The number of esters is 3. The average molecular weight is 495 g/mol. The molecule has 6 nitrogen and oxygen atoms in total. The fourth-order valence-corrected chi connectivity index (χ4v) is 7.53. The maximum Gasteiger partial charge on any atom is 0.315 e. The Hall–Kier alpha value is -2.37. The van der Waals surface area contributed by atoms with Crippen LogP contribution in [0.2, 0.25) is 0 Å². The first-order valence-electron chi connectivity index (χ1n) is 13.9. The summed E-state index contributed by atoms with van der Waals surface area (Å²) in [7, 11) is 0. The monoisotopic (exact) mass is 494 g/mol. The lowest BCUT2D eigenvalue weighted by molar-refractivity contribution is -0.172. The highest BCUT2D eigenvalue weighted by atomic mass is 16.6. The van der Waals surface area contributed by atoms with Crippen molar-refractivity contribution in [3.05, 3.63) is 36.5 Å². The summed E-state index contributed by atoms with van der Waals surface area (Å²) in [4.78, 5) is 39.5. The number of allylic oxidation sites excluding steroid dienone is 3. The Labute approximate surface area is 213 Å². The van der Waals surface area contributed by atoms with Crippen LogP contribution in [0, 0.1) is 39.4 Å². The largest absolute Gasteiger partial charge is 0.464 e. The number of hydrogen-bond acceptors (Lipinski definition) is 6. The van der Waals surface area contributed by atoms with E-state index < -0.39 is 21.7 Å². The van der Waals surface area contributed by atoms with Crippen molar-refractivity contribution < 1.29 is 28.6 Å². The first-order chi connectivity index (χ1) is 17.3. The van der Waals surface area contributed by atoms with E-state index in [0.717, 1.165) is 57.8 Å². The van der Waals surface area contributed by atoms with Crippen molar-refractivity contribution in [2.75, 3.05) is 19.8 Å². The van der Waals surface area contributed by atoms with Crippen molar-refractivity contribution in [1.82, 2.24) is 0 Å². The zero-order chi connectivity index (χ0) is 25.0. The molecule has 3 saturated carbocycles. The number of carbonyl (C=O) groups excluding carboxylic acids is 3. The molecule has 6 heteroatoms. The first-order valence-corrected chi connectivity index (χ1v) is 13.9. The summed E-state index contributed by atoms with van der Waals surface area (Å²) >= 11 is 0. The van der Waals surface area contributed by atoms with E-state index >= 15 is 0 Å². The number of ether oxygens (including phenoxy) is 3. The molecule has 194 valence electrons. The predicted molar refractivity (Wildman–Crippen MR) is 132 cm³/mol. The van der Waals surface area contributed by atoms with Gasteiger partial charge < -0.3 is 14.2 Å². The molecule has 0 aromatic carbocycles. The van der Waals surface area contributed by atoms with E-state index in [2.05, 4.69) is 18.2 Å². The summed E-state index contributed by atoms with van der Waals surface area (Å²) in [6, 6.07) is 0. The van der Waals surface area contributed by atoms with Gasteiger partial charge in [-0.1, -0.05) is 43.4 Å². The second-order valence-electron chi connectivity index (χ2n) is 12.6. The van der Waals surface area contributed by atoms with E-state index in [-0.39, 0.29) is 37.7 Å². The van der Waals surface area contributed by atoms with Crippen molar-refractivity contribution in [2.45, 2.75) is 71.1 Å². The molecule has 6 rings (SSSR count). The normalized spacial score (nSPS) is 40.1. The molecule has 3 fully saturated rings. The second-order valence-corrected chi connectivity index (χ2v) is 12.6. The van der Waals surface area contributed by atoms with Crippen molar-refractivity contribution >= 4 is 17.9 Å². The molecule has 0 aliphatic heterocycles. The smallest absolute Gasteiger partial charge is 0.315 e. The fraction of sp³-hybridized carbons (Fsp3) is 0.700. The Morgan fingerprint density at radius 3 is 1.19 bits per heavy atom. The average Bonchev–Trinajstić information content (AvgIpc) is 3.76. The maximum atomic E-state index is 13.2. The molecule has 6 aliphatic rings. The molecule has 0 amide bonds. The number of rotatable bonds is 10. The van der Waals surface area contributed by atoms with Crippen LogP contribution in [-0.4, -0.2) is 37.7 Å². The zero-order valence-electron chi connectivity index (χ0n) is 21.3. The lowest BCUT2D eigenvalue weighted by Crippen LogP contribution is -2.43. The quantitative estimate of drug-likeness (QED) is 0.239. The Balaban J connectivity index is 1.14. The molecular weight excluding hydrogens is 456 g/mol. The van der Waals surface area contributed by atoms with Crippen LogP contribution >= 0.6 is 0 Å². The molecule has 0 heterocycles. The van der Waals surface area contributed by atoms with Crippen LogP contribution in [0.1, 0.15) is 71.1 Å². The molecular formula is C30H38O6. The minimum atomic E-state index is -0.772. The van der Waals surface area contributed by atoms with Gasteiger partial charge in [0.25, 0.3) is 0 Å². The molecule has 6 aliphatic carbocycles. The van der Waals surface area contributed by atoms with E-state index in [9.17, 15) is 14.4 Å². The molecule has 0 N–H and O–H groups in total. The molecule has 0 aromatic heterocycles. The maximum absolute atomic E-state index is 13.2. The van der Waals surface area contributed by atoms with E-state index in [4.69, 9.17) is 14.2 Å². The Morgan fingerprint density at radius 2 is 1.00 bits per heavy atom. The molecule has 0 saturated heterocycles. The number of hydrogen-bond donors (Lipinski definition) is 0. The lowest BCUT2D eigenvalue weighted by Gasteiger charge is -2.34. The third-order valence-corrected chi connectivity index (χ3v) is 10.3. The van der Waals surface area contributed by atoms with Gasteiger partial charge in [0.2, 0.25) is 0 Å². The number of fused-ring (bicyclic) bond motifs is 6. The Morgan fingerprint density at radius 1 is 0.667 bits per heavy atom. The minimum absolute atomic E-state index is 0.0695.